The highest BCUT2D eigenvalue weighted by Gasteiger charge is 2.33. The van der Waals surface area contributed by atoms with Crippen molar-refractivity contribution in [2.75, 3.05) is 7.05 Å². The van der Waals surface area contributed by atoms with Crippen LogP contribution in [0.2, 0.25) is 0 Å². The number of amides is 3. The fraction of sp³-hybridized carbons (Fsp3) is 0.542. The van der Waals surface area contributed by atoms with Crippen molar-refractivity contribution >= 4 is 66.4 Å². The van der Waals surface area contributed by atoms with Crippen LogP contribution in [0.5, 0.6) is 5.75 Å². The lowest BCUT2D eigenvalue weighted by atomic mass is 9.73. The molecule has 1 aliphatic heterocycles. The van der Waals surface area contributed by atoms with Crippen LogP contribution in [0.4, 0.5) is 0 Å². The second kappa shape index (κ2) is 12.1. The Kier molecular flexibility index (Phi) is 9.23. The third-order valence-electron chi connectivity index (χ3n) is 6.83. The Hall–Kier alpha value is -1.23. The third kappa shape index (κ3) is 5.94. The molecule has 6 nitrogen and oxygen atoms in total. The van der Waals surface area contributed by atoms with Crippen molar-refractivity contribution in [3.8, 4) is 5.75 Å². The molecule has 0 spiro atoms. The number of thioether (sulfide) groups is 2. The van der Waals surface area contributed by atoms with Crippen molar-refractivity contribution in [3.05, 3.63) is 21.9 Å². The zero-order valence-corrected chi connectivity index (χ0v) is 22.5. The van der Waals surface area contributed by atoms with E-state index in [0.717, 1.165) is 26.5 Å². The molecule has 1 heterocycles. The summed E-state index contributed by atoms with van der Waals surface area (Å²) in [4.78, 5) is 38.0. The molecule has 10 heteroatoms. The Labute approximate surface area is 219 Å². The van der Waals surface area contributed by atoms with E-state index in [-0.39, 0.29) is 12.0 Å². The molecule has 34 heavy (non-hydrogen) atoms. The fourth-order valence-corrected chi connectivity index (χ4v) is 8.96. The first-order chi connectivity index (χ1) is 16.5. The monoisotopic (exact) mass is 538 g/mol. The summed E-state index contributed by atoms with van der Waals surface area (Å²) in [6.07, 6.45) is 12.3. The van der Waals surface area contributed by atoms with Gasteiger partial charge in [-0.1, -0.05) is 55.6 Å². The van der Waals surface area contributed by atoms with Crippen LogP contribution in [-0.2, 0) is 14.4 Å². The van der Waals surface area contributed by atoms with Crippen LogP contribution in [-0.4, -0.2) is 30.5 Å². The molecular formula is C24H30N2O4S4. The van der Waals surface area contributed by atoms with Gasteiger partial charge in [0.15, 0.2) is 5.75 Å². The number of carbonyl (C=O) groups excluding carboxylic acids is 3. The number of imide groups is 1. The maximum atomic E-state index is 12.4. The lowest BCUT2D eigenvalue weighted by Gasteiger charge is -2.35. The van der Waals surface area contributed by atoms with E-state index < -0.39 is 11.8 Å². The Morgan fingerprint density at radius 2 is 1.68 bits per heavy atom. The largest absolute Gasteiger partial charge is 0.424 e. The number of thiol groups is 1. The molecule has 0 radical (unpaired) electrons. The molecule has 0 atom stereocenters. The number of likely N-dealkylation sites (N-methyl/N-ethyl adjacent to an activating group) is 1. The minimum atomic E-state index is -0.732. The first-order valence-electron chi connectivity index (χ1n) is 11.8. The number of carbonyl (C=O) groups is 3. The van der Waals surface area contributed by atoms with E-state index >= 15 is 0 Å². The van der Waals surface area contributed by atoms with Gasteiger partial charge in [-0.2, -0.15) is 0 Å². The average molecular weight is 539 g/mol. The SMILES string of the molecule is CNC(=O)/C(C(=O)NC=O)=C1/Sc2c(S)ccc(OSC3CCC(C4CCCCC4)CC3)c2S1. The summed E-state index contributed by atoms with van der Waals surface area (Å²) in [6.45, 7) is 0. The fourth-order valence-electron chi connectivity index (χ4n) is 5.02. The highest BCUT2D eigenvalue weighted by atomic mass is 32.2. The predicted molar refractivity (Wildman–Crippen MR) is 141 cm³/mol. The molecule has 0 aromatic heterocycles. The minimum Gasteiger partial charge on any atom is -0.424 e. The van der Waals surface area contributed by atoms with Gasteiger partial charge in [-0.05, 0) is 49.7 Å². The highest BCUT2D eigenvalue weighted by molar-refractivity contribution is 8.25. The molecule has 2 aliphatic carbocycles. The van der Waals surface area contributed by atoms with Crippen molar-refractivity contribution in [1.82, 2.24) is 10.6 Å². The van der Waals surface area contributed by atoms with E-state index in [2.05, 4.69) is 23.3 Å². The normalized spacial score (nSPS) is 24.2. The Balaban J connectivity index is 1.42. The molecule has 2 fully saturated rings. The van der Waals surface area contributed by atoms with E-state index in [0.29, 0.717) is 15.2 Å². The third-order valence-corrected chi connectivity index (χ3v) is 11.0. The molecule has 1 aromatic rings. The maximum Gasteiger partial charge on any atom is 0.264 e. The number of hydrogen-bond donors (Lipinski definition) is 3. The van der Waals surface area contributed by atoms with E-state index in [1.54, 1.807) is 0 Å². The van der Waals surface area contributed by atoms with Crippen LogP contribution in [0.15, 0.2) is 36.6 Å². The standard InChI is InChI=1S/C24H30N2O4S4/c1-25-22(28)19(23(29)26-13-27)24-32-20-17(11-12-18(31)21(20)33-24)30-34-16-9-7-15(8-10-16)14-5-3-2-4-6-14/h11-16,31H,2-10H2,1H3,(H,25,28)(H,26,27,29)/b24-19-. The van der Waals surface area contributed by atoms with Gasteiger partial charge in [-0.25, -0.2) is 0 Å². The first kappa shape index (κ1) is 25.9. The number of hydrogen-bond acceptors (Lipinski definition) is 8. The van der Waals surface area contributed by atoms with Gasteiger partial charge in [0.05, 0.1) is 21.2 Å². The second-order valence-corrected chi connectivity index (χ2v) is 12.7. The van der Waals surface area contributed by atoms with Crippen molar-refractivity contribution in [2.24, 2.45) is 11.8 Å². The summed E-state index contributed by atoms with van der Waals surface area (Å²) in [6, 6.07) is 3.77. The molecule has 4 rings (SSSR count). The van der Waals surface area contributed by atoms with Gasteiger partial charge in [0.2, 0.25) is 6.41 Å². The number of rotatable bonds is 7. The molecule has 3 amide bonds. The zero-order valence-electron chi connectivity index (χ0n) is 19.1. The van der Waals surface area contributed by atoms with Crippen LogP contribution in [0, 0.1) is 11.8 Å². The summed E-state index contributed by atoms with van der Waals surface area (Å²) in [7, 11) is 1.45. The van der Waals surface area contributed by atoms with Gasteiger partial charge in [-0.3, -0.25) is 19.7 Å². The van der Waals surface area contributed by atoms with E-state index in [1.807, 2.05) is 12.1 Å². The van der Waals surface area contributed by atoms with Gasteiger partial charge in [0, 0.05) is 22.1 Å². The van der Waals surface area contributed by atoms with Crippen molar-refractivity contribution in [2.45, 2.75) is 77.7 Å². The molecule has 1 aromatic carbocycles. The molecule has 2 N–H and O–H groups in total. The van der Waals surface area contributed by atoms with Crippen LogP contribution in [0.1, 0.15) is 57.8 Å². The minimum absolute atomic E-state index is 0.0897. The van der Waals surface area contributed by atoms with Crippen molar-refractivity contribution < 1.29 is 18.6 Å². The summed E-state index contributed by atoms with van der Waals surface area (Å²) in [5.74, 6) is 1.24. The zero-order chi connectivity index (χ0) is 24.1. The van der Waals surface area contributed by atoms with Crippen LogP contribution >= 0.6 is 48.2 Å². The molecule has 3 aliphatic rings. The Morgan fingerprint density at radius 1 is 1.00 bits per heavy atom. The molecule has 0 unspecified atom stereocenters. The van der Waals surface area contributed by atoms with Gasteiger partial charge >= 0.3 is 0 Å². The van der Waals surface area contributed by atoms with Gasteiger partial charge in [0.25, 0.3) is 11.8 Å². The van der Waals surface area contributed by atoms with Gasteiger partial charge in [-0.15, -0.1) is 12.6 Å². The lowest BCUT2D eigenvalue weighted by molar-refractivity contribution is -0.125. The number of nitrogens with one attached hydrogen (secondary N) is 2. The Bertz CT molecular complexity index is 970. The summed E-state index contributed by atoms with van der Waals surface area (Å²) in [5, 5.41) is 5.02. The molecular weight excluding hydrogens is 509 g/mol. The van der Waals surface area contributed by atoms with E-state index in [4.69, 9.17) is 4.18 Å². The quantitative estimate of drug-likeness (QED) is 0.105. The smallest absolute Gasteiger partial charge is 0.264 e. The van der Waals surface area contributed by atoms with Crippen molar-refractivity contribution in [1.29, 1.82) is 0 Å². The second-order valence-electron chi connectivity index (χ2n) is 8.89. The average Bonchev–Trinajstić information content (AvgIpc) is 3.30. The van der Waals surface area contributed by atoms with Crippen LogP contribution in [0.3, 0.4) is 0 Å². The van der Waals surface area contributed by atoms with Gasteiger partial charge in [0.1, 0.15) is 5.57 Å². The molecule has 2 saturated carbocycles. The van der Waals surface area contributed by atoms with Crippen molar-refractivity contribution in [3.63, 3.8) is 0 Å². The van der Waals surface area contributed by atoms with E-state index in [1.165, 1.54) is 100 Å². The van der Waals surface area contributed by atoms with Crippen LogP contribution in [0.25, 0.3) is 0 Å². The summed E-state index contributed by atoms with van der Waals surface area (Å²) >= 11 is 8.71. The van der Waals surface area contributed by atoms with Crippen LogP contribution < -0.4 is 14.8 Å². The topological polar surface area (TPSA) is 84.5 Å². The molecule has 0 saturated heterocycles. The molecule has 184 valence electrons. The summed E-state index contributed by atoms with van der Waals surface area (Å²) < 4.78 is 6.71. The van der Waals surface area contributed by atoms with Gasteiger partial charge < -0.3 is 9.50 Å². The summed E-state index contributed by atoms with van der Waals surface area (Å²) in [5.41, 5.74) is -0.0897. The first-order valence-corrected chi connectivity index (χ1v) is 14.7. The number of fused-ring (bicyclic) bond motifs is 1. The molecule has 0 bridgehead atoms. The lowest BCUT2D eigenvalue weighted by Crippen LogP contribution is -2.33. The predicted octanol–water partition coefficient (Wildman–Crippen LogP) is 5.57. The van der Waals surface area contributed by atoms with E-state index in [9.17, 15) is 14.4 Å². The number of benzene rings is 1. The maximum absolute atomic E-state index is 12.4. The Morgan fingerprint density at radius 3 is 2.35 bits per heavy atom. The highest BCUT2D eigenvalue weighted by Crippen LogP contribution is 2.58.